The van der Waals surface area contributed by atoms with Gasteiger partial charge in [-0.05, 0) is 18.6 Å². The normalized spacial score (nSPS) is 20.3. The van der Waals surface area contributed by atoms with Gasteiger partial charge in [-0.1, -0.05) is 30.4 Å². The van der Waals surface area contributed by atoms with Crippen molar-refractivity contribution in [2.75, 3.05) is 0 Å². The summed E-state index contributed by atoms with van der Waals surface area (Å²) in [4.78, 5) is 23.8. The summed E-state index contributed by atoms with van der Waals surface area (Å²) in [6.07, 6.45) is 4.80. The van der Waals surface area contributed by atoms with Crippen LogP contribution in [0.3, 0.4) is 0 Å². The molecule has 25 heavy (non-hydrogen) atoms. The molecule has 3 aromatic rings. The Hall–Kier alpha value is -3.35. The molecule has 2 aromatic carbocycles. The number of nitro groups is 1. The lowest BCUT2D eigenvalue weighted by Crippen LogP contribution is -2.24. The third-order valence-electron chi connectivity index (χ3n) is 5.16. The Labute approximate surface area is 141 Å². The Morgan fingerprint density at radius 1 is 1.12 bits per heavy atom. The highest BCUT2D eigenvalue weighted by Gasteiger charge is 2.39. The molecular weight excluding hydrogens is 322 g/mol. The van der Waals surface area contributed by atoms with Crippen LogP contribution in [0.15, 0.2) is 53.3 Å². The molecule has 2 aliphatic rings. The van der Waals surface area contributed by atoms with E-state index in [1.807, 2.05) is 12.2 Å². The van der Waals surface area contributed by atoms with E-state index < -0.39 is 4.92 Å². The molecule has 1 N–H and O–H groups in total. The summed E-state index contributed by atoms with van der Waals surface area (Å²) in [6.45, 7) is 0. The first-order chi connectivity index (χ1) is 12.1. The van der Waals surface area contributed by atoms with Crippen molar-refractivity contribution in [1.82, 2.24) is 9.13 Å². The van der Waals surface area contributed by atoms with Crippen molar-refractivity contribution in [3.8, 4) is 11.6 Å². The number of aromatic nitrogens is 2. The van der Waals surface area contributed by atoms with Gasteiger partial charge in [0.1, 0.15) is 0 Å². The summed E-state index contributed by atoms with van der Waals surface area (Å²) in [6, 6.07) is 9.71. The molecule has 7 heteroatoms. The fourth-order valence-electron chi connectivity index (χ4n) is 4.10. The molecule has 1 aromatic heterocycles. The molecule has 2 heterocycles. The molecule has 0 spiro atoms. The molecule has 5 rings (SSSR count). The highest BCUT2D eigenvalue weighted by Crippen LogP contribution is 2.47. The second-order valence-corrected chi connectivity index (χ2v) is 6.40. The van der Waals surface area contributed by atoms with Gasteiger partial charge in [0.15, 0.2) is 0 Å². The molecule has 7 nitrogen and oxygen atoms in total. The zero-order chi connectivity index (χ0) is 17.3. The van der Waals surface area contributed by atoms with Gasteiger partial charge in [-0.25, -0.2) is 9.36 Å². The molecule has 0 fully saturated rings. The highest BCUT2D eigenvalue weighted by atomic mass is 16.6. The van der Waals surface area contributed by atoms with Crippen LogP contribution < -0.4 is 5.69 Å². The van der Waals surface area contributed by atoms with Crippen LogP contribution in [0.2, 0.25) is 0 Å². The predicted octanol–water partition coefficient (Wildman–Crippen LogP) is 3.00. The topological polar surface area (TPSA) is 90.3 Å². The Kier molecular flexibility index (Phi) is 2.58. The summed E-state index contributed by atoms with van der Waals surface area (Å²) in [7, 11) is 0. The maximum Gasteiger partial charge on any atom is 0.336 e. The minimum absolute atomic E-state index is 0.0241. The van der Waals surface area contributed by atoms with Crippen molar-refractivity contribution in [1.29, 1.82) is 0 Å². The SMILES string of the molecule is O=c1n(-c2ccc([N+](=O)[O-])c3ccccc23)c(O)c2n1[C@@H]1C=C[C@H]2C1. The molecule has 1 aliphatic carbocycles. The van der Waals surface area contributed by atoms with Crippen LogP contribution in [0, 0.1) is 10.1 Å². The molecule has 2 atom stereocenters. The number of rotatable bonds is 2. The first kappa shape index (κ1) is 14.0. The Bertz CT molecular complexity index is 1160. The van der Waals surface area contributed by atoms with E-state index in [1.165, 1.54) is 16.7 Å². The largest absolute Gasteiger partial charge is 0.493 e. The lowest BCUT2D eigenvalue weighted by molar-refractivity contribution is -0.383. The lowest BCUT2D eigenvalue weighted by atomic mass is 10.1. The molecule has 0 radical (unpaired) electrons. The van der Waals surface area contributed by atoms with E-state index in [2.05, 4.69) is 0 Å². The van der Waals surface area contributed by atoms with Crippen LogP contribution in [0.5, 0.6) is 5.88 Å². The van der Waals surface area contributed by atoms with E-state index in [9.17, 15) is 20.0 Å². The number of nitrogens with zero attached hydrogens (tertiary/aromatic N) is 3. The van der Waals surface area contributed by atoms with E-state index in [0.717, 1.165) is 6.42 Å². The van der Waals surface area contributed by atoms with E-state index in [-0.39, 0.29) is 29.2 Å². The van der Waals surface area contributed by atoms with Crippen LogP contribution in [-0.4, -0.2) is 19.2 Å². The van der Waals surface area contributed by atoms with Crippen LogP contribution in [0.25, 0.3) is 16.5 Å². The van der Waals surface area contributed by atoms with Crippen LogP contribution >= 0.6 is 0 Å². The summed E-state index contributed by atoms with van der Waals surface area (Å²) in [5.74, 6) is -0.0379. The smallest absolute Gasteiger partial charge is 0.336 e. The second-order valence-electron chi connectivity index (χ2n) is 6.40. The summed E-state index contributed by atoms with van der Waals surface area (Å²) in [5, 5.41) is 23.0. The van der Waals surface area contributed by atoms with Crippen molar-refractivity contribution < 1.29 is 10.0 Å². The van der Waals surface area contributed by atoms with Gasteiger partial charge in [0, 0.05) is 17.4 Å². The monoisotopic (exact) mass is 335 g/mol. The second kappa shape index (κ2) is 4.60. The zero-order valence-electron chi connectivity index (χ0n) is 13.0. The zero-order valence-corrected chi connectivity index (χ0v) is 13.0. The van der Waals surface area contributed by atoms with Crippen molar-refractivity contribution in [2.45, 2.75) is 18.4 Å². The van der Waals surface area contributed by atoms with Crippen LogP contribution in [0.4, 0.5) is 5.69 Å². The van der Waals surface area contributed by atoms with Crippen LogP contribution in [0.1, 0.15) is 24.1 Å². The van der Waals surface area contributed by atoms with Gasteiger partial charge >= 0.3 is 5.69 Å². The standard InChI is InChI=1S/C18H13N3O4/c22-17-16-10-5-6-11(9-10)19(16)18(23)20(17)14-7-8-15(21(24)25)13-4-2-1-3-12(13)14/h1-8,10-11,22H,9H2/t10-,11+/m0/s1. The number of hydrogen-bond donors (Lipinski definition) is 1. The average Bonchev–Trinajstić information content (AvgIpc) is 3.28. The van der Waals surface area contributed by atoms with Gasteiger partial charge < -0.3 is 5.11 Å². The molecule has 1 aliphatic heterocycles. The fourth-order valence-corrected chi connectivity index (χ4v) is 4.10. The number of imidazole rings is 1. The molecule has 2 bridgehead atoms. The number of allylic oxidation sites excluding steroid dienone is 2. The number of non-ortho nitro benzene ring substituents is 1. The first-order valence-corrected chi connectivity index (χ1v) is 7.99. The van der Waals surface area contributed by atoms with Gasteiger partial charge in [0.2, 0.25) is 5.88 Å². The third-order valence-corrected chi connectivity index (χ3v) is 5.16. The number of fused-ring (bicyclic) bond motifs is 6. The minimum Gasteiger partial charge on any atom is -0.493 e. The summed E-state index contributed by atoms with van der Waals surface area (Å²) >= 11 is 0. The molecule has 0 amide bonds. The Morgan fingerprint density at radius 3 is 2.60 bits per heavy atom. The number of aromatic hydroxyl groups is 1. The lowest BCUT2D eigenvalue weighted by Gasteiger charge is -2.09. The van der Waals surface area contributed by atoms with E-state index in [4.69, 9.17) is 0 Å². The van der Waals surface area contributed by atoms with Gasteiger partial charge in [-0.3, -0.25) is 14.7 Å². The first-order valence-electron chi connectivity index (χ1n) is 7.99. The number of hydrogen-bond acceptors (Lipinski definition) is 4. The number of nitro benzene ring substituents is 1. The van der Waals surface area contributed by atoms with Gasteiger partial charge in [0.25, 0.3) is 5.69 Å². The molecule has 0 unspecified atom stereocenters. The quantitative estimate of drug-likeness (QED) is 0.443. The van der Waals surface area contributed by atoms with Crippen LogP contribution in [-0.2, 0) is 0 Å². The Morgan fingerprint density at radius 2 is 1.88 bits per heavy atom. The van der Waals surface area contributed by atoms with Crippen molar-refractivity contribution in [3.05, 3.63) is 74.8 Å². The van der Waals surface area contributed by atoms with E-state index >= 15 is 0 Å². The molecule has 0 saturated heterocycles. The molecule has 124 valence electrons. The van der Waals surface area contributed by atoms with Crippen molar-refractivity contribution in [3.63, 3.8) is 0 Å². The van der Waals surface area contributed by atoms with Crippen molar-refractivity contribution in [2.24, 2.45) is 0 Å². The summed E-state index contributed by atoms with van der Waals surface area (Å²) < 4.78 is 2.88. The average molecular weight is 335 g/mol. The van der Waals surface area contributed by atoms with E-state index in [1.54, 1.807) is 28.8 Å². The predicted molar refractivity (Wildman–Crippen MR) is 91.4 cm³/mol. The molecule has 0 saturated carbocycles. The minimum atomic E-state index is -0.446. The summed E-state index contributed by atoms with van der Waals surface area (Å²) in [5.41, 5.74) is 0.730. The van der Waals surface area contributed by atoms with E-state index in [0.29, 0.717) is 22.2 Å². The molecular formula is C18H13N3O4. The Balaban J connectivity index is 1.84. The fraction of sp³-hybridized carbons (Fsp3) is 0.167. The van der Waals surface area contributed by atoms with Gasteiger partial charge in [-0.2, -0.15) is 0 Å². The maximum atomic E-state index is 12.9. The van der Waals surface area contributed by atoms with Gasteiger partial charge in [0.05, 0.1) is 27.7 Å². The third kappa shape index (κ3) is 1.67. The van der Waals surface area contributed by atoms with Gasteiger partial charge in [-0.15, -0.1) is 0 Å². The highest BCUT2D eigenvalue weighted by molar-refractivity contribution is 5.97. The maximum absolute atomic E-state index is 12.9. The van der Waals surface area contributed by atoms with Crippen molar-refractivity contribution >= 4 is 16.5 Å². The number of benzene rings is 2.